The van der Waals surface area contributed by atoms with Crippen molar-refractivity contribution in [2.75, 3.05) is 0 Å². The van der Waals surface area contributed by atoms with Gasteiger partial charge in [0.25, 0.3) is 0 Å². The van der Waals surface area contributed by atoms with E-state index < -0.39 is 0 Å². The number of hydrogen-bond acceptors (Lipinski definition) is 4. The Balaban J connectivity index is 2.10. The summed E-state index contributed by atoms with van der Waals surface area (Å²) in [6.07, 6.45) is 0. The van der Waals surface area contributed by atoms with Gasteiger partial charge in [-0.1, -0.05) is 51.3 Å². The van der Waals surface area contributed by atoms with Crippen LogP contribution in [-0.4, -0.2) is 15.0 Å². The first-order valence-electron chi connectivity index (χ1n) is 5.96. The van der Waals surface area contributed by atoms with Gasteiger partial charge in [-0.15, -0.1) is 11.3 Å². The molecule has 2 heterocycles. The molecule has 106 valence electrons. The molecule has 0 aliphatic rings. The first-order chi connectivity index (χ1) is 10.0. The quantitative estimate of drug-likeness (QED) is 0.522. The maximum Gasteiger partial charge on any atom is 0.181 e. The van der Waals surface area contributed by atoms with E-state index in [4.69, 9.17) is 23.2 Å². The number of hydrogen-bond donors (Lipinski definition) is 0. The second kappa shape index (κ2) is 6.01. The molecule has 1 aromatic carbocycles. The maximum absolute atomic E-state index is 6.29. The number of nitrogens with zero attached hydrogens (tertiary/aromatic N) is 3. The molecule has 0 spiro atoms. The van der Waals surface area contributed by atoms with Gasteiger partial charge in [-0.3, -0.25) is 0 Å². The van der Waals surface area contributed by atoms with Crippen LogP contribution >= 0.6 is 50.5 Å². The van der Waals surface area contributed by atoms with E-state index in [9.17, 15) is 0 Å². The fraction of sp³-hybridized carbons (Fsp3) is 0.0714. The summed E-state index contributed by atoms with van der Waals surface area (Å²) in [7, 11) is 0. The summed E-state index contributed by atoms with van der Waals surface area (Å²) in [6, 6.07) is 7.65. The minimum atomic E-state index is 0.318. The van der Waals surface area contributed by atoms with Crippen molar-refractivity contribution in [2.45, 2.75) is 6.92 Å². The molecule has 0 N–H and O–H groups in total. The summed E-state index contributed by atoms with van der Waals surface area (Å²) < 4.78 is 0.981. The third-order valence-electron chi connectivity index (χ3n) is 2.80. The lowest BCUT2D eigenvalue weighted by Gasteiger charge is -2.07. The van der Waals surface area contributed by atoms with E-state index in [1.54, 1.807) is 0 Å². The van der Waals surface area contributed by atoms with Gasteiger partial charge in [-0.2, -0.15) is 0 Å². The number of halogens is 3. The maximum atomic E-state index is 6.29. The summed E-state index contributed by atoms with van der Waals surface area (Å²) >= 11 is 17.5. The molecule has 7 heteroatoms. The zero-order valence-corrected chi connectivity index (χ0v) is 14.7. The minimum Gasteiger partial charge on any atom is -0.238 e. The minimum absolute atomic E-state index is 0.318. The zero-order chi connectivity index (χ0) is 15.0. The highest BCUT2D eigenvalue weighted by molar-refractivity contribution is 9.10. The third kappa shape index (κ3) is 3.11. The van der Waals surface area contributed by atoms with Crippen LogP contribution in [0.5, 0.6) is 0 Å². The van der Waals surface area contributed by atoms with E-state index in [0.717, 1.165) is 15.0 Å². The fourth-order valence-corrected chi connectivity index (χ4v) is 3.30. The molecule has 0 saturated heterocycles. The van der Waals surface area contributed by atoms with Crippen LogP contribution in [0.1, 0.15) is 5.01 Å². The van der Waals surface area contributed by atoms with Crippen LogP contribution in [0.4, 0.5) is 0 Å². The first kappa shape index (κ1) is 14.9. The van der Waals surface area contributed by atoms with Crippen LogP contribution in [0.25, 0.3) is 22.6 Å². The molecular weight excluding hydrogens is 393 g/mol. The monoisotopic (exact) mass is 399 g/mol. The second-order valence-electron chi connectivity index (χ2n) is 4.26. The molecule has 0 radical (unpaired) electrons. The molecule has 3 nitrogen and oxygen atoms in total. The van der Waals surface area contributed by atoms with E-state index in [1.165, 1.54) is 11.3 Å². The Hall–Kier alpha value is -1.01. The lowest BCUT2D eigenvalue weighted by molar-refractivity contribution is 1.14. The molecule has 3 aromatic rings. The zero-order valence-electron chi connectivity index (χ0n) is 10.8. The topological polar surface area (TPSA) is 38.7 Å². The normalized spacial score (nSPS) is 10.9. The molecule has 21 heavy (non-hydrogen) atoms. The van der Waals surface area contributed by atoms with Gasteiger partial charge in [0.05, 0.1) is 10.6 Å². The van der Waals surface area contributed by atoms with Crippen LogP contribution in [0.3, 0.4) is 0 Å². The summed E-state index contributed by atoms with van der Waals surface area (Å²) in [5.41, 5.74) is 2.18. The molecule has 0 fully saturated rings. The molecule has 3 rings (SSSR count). The number of thiazole rings is 1. The smallest absolute Gasteiger partial charge is 0.181 e. The second-order valence-corrected chi connectivity index (χ2v) is 6.96. The molecule has 0 atom stereocenters. The summed E-state index contributed by atoms with van der Waals surface area (Å²) in [4.78, 5) is 13.0. The fourth-order valence-electron chi connectivity index (χ4n) is 1.84. The summed E-state index contributed by atoms with van der Waals surface area (Å²) in [5, 5.41) is 3.46. The number of rotatable bonds is 2. The molecular formula is C14H8BrCl2N3S. The van der Waals surface area contributed by atoms with Gasteiger partial charge in [0.1, 0.15) is 16.0 Å². The number of benzene rings is 1. The van der Waals surface area contributed by atoms with Crippen molar-refractivity contribution in [3.05, 3.63) is 49.4 Å². The van der Waals surface area contributed by atoms with Crippen molar-refractivity contribution in [1.82, 2.24) is 15.0 Å². The van der Waals surface area contributed by atoms with Gasteiger partial charge in [0.15, 0.2) is 5.82 Å². The van der Waals surface area contributed by atoms with Gasteiger partial charge in [0.2, 0.25) is 0 Å². The van der Waals surface area contributed by atoms with Gasteiger partial charge in [-0.05, 0) is 24.6 Å². The Morgan fingerprint density at radius 3 is 2.14 bits per heavy atom. The lowest BCUT2D eigenvalue weighted by atomic mass is 10.1. The molecule has 0 amide bonds. The van der Waals surface area contributed by atoms with Crippen molar-refractivity contribution < 1.29 is 0 Å². The average molecular weight is 401 g/mol. The van der Waals surface area contributed by atoms with Crippen LogP contribution in [-0.2, 0) is 0 Å². The standard InChI is InChI=1S/C14H8BrCl2N3S/c1-7-18-10(6-21-7)14-19-12(16)11(13(17)20-14)8-2-4-9(15)5-3-8/h2-6H,1H3. The Morgan fingerprint density at radius 2 is 1.62 bits per heavy atom. The van der Waals surface area contributed by atoms with E-state index in [1.807, 2.05) is 36.6 Å². The lowest BCUT2D eigenvalue weighted by Crippen LogP contribution is -1.95. The Labute approximate surface area is 144 Å². The predicted molar refractivity (Wildman–Crippen MR) is 91.0 cm³/mol. The molecule has 0 unspecified atom stereocenters. The van der Waals surface area contributed by atoms with Crippen molar-refractivity contribution in [2.24, 2.45) is 0 Å². The SMILES string of the molecule is Cc1nc(-c2nc(Cl)c(-c3ccc(Br)cc3)c(Cl)n2)cs1. The first-order valence-corrected chi connectivity index (χ1v) is 8.39. The van der Waals surface area contributed by atoms with E-state index in [-0.39, 0.29) is 0 Å². The highest BCUT2D eigenvalue weighted by Crippen LogP contribution is 2.34. The molecule has 0 aliphatic heterocycles. The summed E-state index contributed by atoms with van der Waals surface area (Å²) in [5.74, 6) is 0.440. The highest BCUT2D eigenvalue weighted by Gasteiger charge is 2.16. The van der Waals surface area contributed by atoms with Crippen molar-refractivity contribution in [3.63, 3.8) is 0 Å². The Bertz CT molecular complexity index is 779. The van der Waals surface area contributed by atoms with Crippen molar-refractivity contribution in [3.8, 4) is 22.6 Å². The largest absolute Gasteiger partial charge is 0.238 e. The van der Waals surface area contributed by atoms with Crippen molar-refractivity contribution >= 4 is 50.5 Å². The highest BCUT2D eigenvalue weighted by atomic mass is 79.9. The van der Waals surface area contributed by atoms with Crippen LogP contribution in [0, 0.1) is 6.92 Å². The molecule has 0 saturated carbocycles. The molecule has 0 bridgehead atoms. The Morgan fingerprint density at radius 1 is 1.00 bits per heavy atom. The predicted octanol–water partition coefficient (Wildman–Crippen LogP) is 5.64. The van der Waals surface area contributed by atoms with Crippen LogP contribution in [0.15, 0.2) is 34.1 Å². The van der Waals surface area contributed by atoms with E-state index in [0.29, 0.717) is 27.4 Å². The number of aryl methyl sites for hydroxylation is 1. The summed E-state index contributed by atoms with van der Waals surface area (Å²) in [6.45, 7) is 1.92. The van der Waals surface area contributed by atoms with Gasteiger partial charge < -0.3 is 0 Å². The van der Waals surface area contributed by atoms with Crippen LogP contribution in [0.2, 0.25) is 10.3 Å². The van der Waals surface area contributed by atoms with Gasteiger partial charge in [-0.25, -0.2) is 15.0 Å². The average Bonchev–Trinajstić information content (AvgIpc) is 2.87. The Kier molecular flexibility index (Phi) is 4.26. The third-order valence-corrected chi connectivity index (χ3v) is 4.65. The van der Waals surface area contributed by atoms with Crippen LogP contribution < -0.4 is 0 Å². The van der Waals surface area contributed by atoms with E-state index in [2.05, 4.69) is 30.9 Å². The number of aromatic nitrogens is 3. The van der Waals surface area contributed by atoms with E-state index >= 15 is 0 Å². The van der Waals surface area contributed by atoms with Gasteiger partial charge in [0, 0.05) is 9.85 Å². The molecule has 0 aliphatic carbocycles. The van der Waals surface area contributed by atoms with Crippen molar-refractivity contribution in [1.29, 1.82) is 0 Å². The molecule has 2 aromatic heterocycles. The van der Waals surface area contributed by atoms with Gasteiger partial charge >= 0.3 is 0 Å².